The van der Waals surface area contributed by atoms with Crippen molar-refractivity contribution >= 4 is 21.6 Å². The average molecular weight is 346 g/mol. The van der Waals surface area contributed by atoms with E-state index >= 15 is 0 Å². The Morgan fingerprint density at radius 2 is 1.71 bits per heavy atom. The number of nitro groups is 1. The fourth-order valence-corrected chi connectivity index (χ4v) is 4.01. The van der Waals surface area contributed by atoms with Crippen LogP contribution in [0.1, 0.15) is 24.0 Å². The van der Waals surface area contributed by atoms with Crippen molar-refractivity contribution in [3.8, 4) is 0 Å². The number of nitro benzene ring substituents is 1. The second-order valence-electron chi connectivity index (χ2n) is 5.58. The van der Waals surface area contributed by atoms with Crippen molar-refractivity contribution < 1.29 is 4.92 Å². The molecule has 0 amide bonds. The minimum absolute atomic E-state index is 0.130. The van der Waals surface area contributed by atoms with Gasteiger partial charge in [0.15, 0.2) is 0 Å². The van der Waals surface area contributed by atoms with Gasteiger partial charge in [-0.2, -0.15) is 0 Å². The molecular weight excluding hydrogens is 330 g/mol. The lowest BCUT2D eigenvalue weighted by Crippen LogP contribution is -2.23. The SMILES string of the molecule is O=[N+]([O-])c1ccccc1CC(Br)C1(c2ccccc2)CC1. The van der Waals surface area contributed by atoms with Crippen LogP contribution in [0.4, 0.5) is 5.69 Å². The quantitative estimate of drug-likeness (QED) is 0.450. The van der Waals surface area contributed by atoms with Gasteiger partial charge in [0.25, 0.3) is 5.69 Å². The highest BCUT2D eigenvalue weighted by atomic mass is 79.9. The van der Waals surface area contributed by atoms with Gasteiger partial charge in [-0.3, -0.25) is 10.1 Å². The summed E-state index contributed by atoms with van der Waals surface area (Å²) >= 11 is 3.80. The summed E-state index contributed by atoms with van der Waals surface area (Å²) < 4.78 is 0. The Morgan fingerprint density at radius 1 is 1.10 bits per heavy atom. The zero-order valence-electron chi connectivity index (χ0n) is 11.5. The zero-order chi connectivity index (χ0) is 14.9. The lowest BCUT2D eigenvalue weighted by molar-refractivity contribution is -0.385. The van der Waals surface area contributed by atoms with E-state index in [4.69, 9.17) is 0 Å². The second-order valence-corrected chi connectivity index (χ2v) is 6.68. The first-order valence-corrected chi connectivity index (χ1v) is 7.97. The Hall–Kier alpha value is -1.68. The molecule has 3 nitrogen and oxygen atoms in total. The summed E-state index contributed by atoms with van der Waals surface area (Å²) in [6, 6.07) is 17.5. The molecule has 4 heteroatoms. The van der Waals surface area contributed by atoms with E-state index < -0.39 is 0 Å². The molecular formula is C17H16BrNO2. The molecule has 0 heterocycles. The molecule has 0 radical (unpaired) electrons. The molecule has 2 aromatic rings. The monoisotopic (exact) mass is 345 g/mol. The number of rotatable bonds is 5. The summed E-state index contributed by atoms with van der Waals surface area (Å²) in [7, 11) is 0. The summed E-state index contributed by atoms with van der Waals surface area (Å²) in [5.74, 6) is 0. The Kier molecular flexibility index (Phi) is 3.81. The van der Waals surface area contributed by atoms with E-state index in [0.717, 1.165) is 18.4 Å². The number of halogens is 1. The fraction of sp³-hybridized carbons (Fsp3) is 0.294. The molecule has 21 heavy (non-hydrogen) atoms. The summed E-state index contributed by atoms with van der Waals surface area (Å²) in [5.41, 5.74) is 2.47. The van der Waals surface area contributed by atoms with Crippen molar-refractivity contribution in [3.05, 3.63) is 75.8 Å². The third-order valence-corrected chi connectivity index (χ3v) is 5.52. The van der Waals surface area contributed by atoms with E-state index in [1.807, 2.05) is 18.2 Å². The average Bonchev–Trinajstić information content (AvgIpc) is 3.30. The standard InChI is InChI=1S/C17H16BrNO2/c18-16(12-13-6-4-5-9-15(13)19(20)21)17(10-11-17)14-7-2-1-3-8-14/h1-9,16H,10-12H2. The van der Waals surface area contributed by atoms with Crippen LogP contribution in [0.25, 0.3) is 0 Å². The normalized spacial score (nSPS) is 17.2. The molecule has 1 atom stereocenters. The molecule has 1 unspecified atom stereocenters. The Morgan fingerprint density at radius 3 is 2.33 bits per heavy atom. The maximum absolute atomic E-state index is 11.1. The predicted molar refractivity (Wildman–Crippen MR) is 86.9 cm³/mol. The number of alkyl halides is 1. The zero-order valence-corrected chi connectivity index (χ0v) is 13.1. The van der Waals surface area contributed by atoms with Crippen molar-refractivity contribution in [1.82, 2.24) is 0 Å². The highest BCUT2D eigenvalue weighted by Gasteiger charge is 2.49. The van der Waals surface area contributed by atoms with E-state index in [1.165, 1.54) is 5.56 Å². The second kappa shape index (κ2) is 5.60. The lowest BCUT2D eigenvalue weighted by atomic mass is 9.89. The molecule has 0 spiro atoms. The summed E-state index contributed by atoms with van der Waals surface area (Å²) in [5, 5.41) is 11.1. The van der Waals surface area contributed by atoms with Crippen LogP contribution in [-0.2, 0) is 11.8 Å². The summed E-state index contributed by atoms with van der Waals surface area (Å²) in [6.07, 6.45) is 2.94. The number of para-hydroxylation sites is 1. The minimum Gasteiger partial charge on any atom is -0.258 e. The van der Waals surface area contributed by atoms with Crippen molar-refractivity contribution in [2.45, 2.75) is 29.5 Å². The lowest BCUT2D eigenvalue weighted by Gasteiger charge is -2.22. The molecule has 3 rings (SSSR count). The predicted octanol–water partition coefficient (Wildman–Crippen LogP) is 4.63. The maximum Gasteiger partial charge on any atom is 0.272 e. The van der Waals surface area contributed by atoms with Gasteiger partial charge in [-0.25, -0.2) is 0 Å². The Balaban J connectivity index is 1.85. The van der Waals surface area contributed by atoms with Gasteiger partial charge in [0.2, 0.25) is 0 Å². The molecule has 1 aliphatic rings. The first-order valence-electron chi connectivity index (χ1n) is 7.05. The van der Waals surface area contributed by atoms with Crippen molar-refractivity contribution in [2.24, 2.45) is 0 Å². The van der Waals surface area contributed by atoms with Crippen LogP contribution in [0, 0.1) is 10.1 Å². The van der Waals surface area contributed by atoms with Gasteiger partial charge in [-0.1, -0.05) is 64.5 Å². The highest BCUT2D eigenvalue weighted by molar-refractivity contribution is 9.09. The van der Waals surface area contributed by atoms with Crippen LogP contribution in [0.5, 0.6) is 0 Å². The smallest absolute Gasteiger partial charge is 0.258 e. The van der Waals surface area contributed by atoms with Gasteiger partial charge in [-0.15, -0.1) is 0 Å². The van der Waals surface area contributed by atoms with Crippen molar-refractivity contribution in [1.29, 1.82) is 0 Å². The Labute approximate surface area is 132 Å². The largest absolute Gasteiger partial charge is 0.272 e. The topological polar surface area (TPSA) is 43.1 Å². The number of hydrogen-bond acceptors (Lipinski definition) is 2. The minimum atomic E-state index is -0.295. The van der Waals surface area contributed by atoms with Gasteiger partial charge >= 0.3 is 0 Å². The van der Waals surface area contributed by atoms with E-state index in [2.05, 4.69) is 40.2 Å². The van der Waals surface area contributed by atoms with Crippen LogP contribution in [0.15, 0.2) is 54.6 Å². The van der Waals surface area contributed by atoms with Gasteiger partial charge in [-0.05, 0) is 24.8 Å². The molecule has 108 valence electrons. The van der Waals surface area contributed by atoms with Crippen molar-refractivity contribution in [3.63, 3.8) is 0 Å². The molecule has 0 saturated heterocycles. The van der Waals surface area contributed by atoms with Gasteiger partial charge in [0.1, 0.15) is 0 Å². The van der Waals surface area contributed by atoms with Crippen LogP contribution in [-0.4, -0.2) is 9.75 Å². The van der Waals surface area contributed by atoms with E-state index in [-0.39, 0.29) is 20.9 Å². The third-order valence-electron chi connectivity index (χ3n) is 4.32. The molecule has 0 bridgehead atoms. The molecule has 1 aliphatic carbocycles. The molecule has 2 aromatic carbocycles. The molecule has 1 saturated carbocycles. The van der Waals surface area contributed by atoms with Gasteiger partial charge in [0.05, 0.1) is 4.92 Å². The fourth-order valence-electron chi connectivity index (χ4n) is 2.94. The summed E-state index contributed by atoms with van der Waals surface area (Å²) in [6.45, 7) is 0. The molecule has 1 fully saturated rings. The van der Waals surface area contributed by atoms with Gasteiger partial charge < -0.3 is 0 Å². The molecule has 0 aromatic heterocycles. The highest BCUT2D eigenvalue weighted by Crippen LogP contribution is 2.54. The van der Waals surface area contributed by atoms with Crippen molar-refractivity contribution in [2.75, 3.05) is 0 Å². The van der Waals surface area contributed by atoms with Gasteiger partial charge in [0, 0.05) is 21.9 Å². The molecule has 0 N–H and O–H groups in total. The molecule has 0 aliphatic heterocycles. The van der Waals surface area contributed by atoms with Crippen LogP contribution in [0.2, 0.25) is 0 Å². The first kappa shape index (κ1) is 14.3. The number of nitrogens with zero attached hydrogens (tertiary/aromatic N) is 1. The third kappa shape index (κ3) is 2.72. The maximum atomic E-state index is 11.1. The van der Waals surface area contributed by atoms with Crippen LogP contribution in [0.3, 0.4) is 0 Å². The van der Waals surface area contributed by atoms with Crippen LogP contribution >= 0.6 is 15.9 Å². The van der Waals surface area contributed by atoms with E-state index in [0.29, 0.717) is 6.42 Å². The Bertz CT molecular complexity index is 653. The van der Waals surface area contributed by atoms with Crippen LogP contribution < -0.4 is 0 Å². The van der Waals surface area contributed by atoms with E-state index in [9.17, 15) is 10.1 Å². The number of hydrogen-bond donors (Lipinski definition) is 0. The number of benzene rings is 2. The van der Waals surface area contributed by atoms with E-state index in [1.54, 1.807) is 12.1 Å². The summed E-state index contributed by atoms with van der Waals surface area (Å²) in [4.78, 5) is 11.1. The first-order chi connectivity index (χ1) is 10.1.